The molecule has 2 aromatic carbocycles. The van der Waals surface area contributed by atoms with Gasteiger partial charge in [0.2, 0.25) is 0 Å². The van der Waals surface area contributed by atoms with Crippen molar-refractivity contribution in [1.82, 2.24) is 18.7 Å². The van der Waals surface area contributed by atoms with Crippen molar-refractivity contribution >= 4 is 22.8 Å². The highest BCUT2D eigenvalue weighted by atomic mass is 35.5. The van der Waals surface area contributed by atoms with Gasteiger partial charge in [0.1, 0.15) is 11.6 Å². The number of rotatable bonds is 4. The Kier molecular flexibility index (Phi) is 5.03. The fourth-order valence-electron chi connectivity index (χ4n) is 3.44. The van der Waals surface area contributed by atoms with E-state index in [2.05, 4.69) is 4.98 Å². The molecule has 0 aliphatic heterocycles. The third-order valence-electron chi connectivity index (χ3n) is 4.76. The van der Waals surface area contributed by atoms with Crippen LogP contribution in [-0.2, 0) is 6.54 Å². The summed E-state index contributed by atoms with van der Waals surface area (Å²) in [5.74, 6) is -1.71. The lowest BCUT2D eigenvalue weighted by molar-refractivity contribution is 0.531. The molecule has 0 saturated carbocycles. The minimum absolute atomic E-state index is 0.00515. The normalized spacial score (nSPS) is 11.5. The fraction of sp³-hybridized carbons (Fsp3) is 0.190. The number of hydrogen-bond acceptors (Lipinski definition) is 3. The lowest BCUT2D eigenvalue weighted by Gasteiger charge is -2.15. The Labute approximate surface area is 174 Å². The highest BCUT2D eigenvalue weighted by Crippen LogP contribution is 2.19. The lowest BCUT2D eigenvalue weighted by Crippen LogP contribution is -2.41. The van der Waals surface area contributed by atoms with Crippen molar-refractivity contribution in [2.45, 2.75) is 26.4 Å². The Morgan fingerprint density at radius 1 is 1.10 bits per heavy atom. The van der Waals surface area contributed by atoms with Crippen LogP contribution in [0.2, 0.25) is 5.02 Å². The van der Waals surface area contributed by atoms with Gasteiger partial charge in [-0.05, 0) is 43.7 Å². The smallest absolute Gasteiger partial charge is 0.320 e. The Hall–Kier alpha value is -3.26. The molecule has 0 N–H and O–H groups in total. The molecule has 2 heterocycles. The van der Waals surface area contributed by atoms with Crippen LogP contribution in [0.25, 0.3) is 16.9 Å². The molecular weight excluding hydrogens is 414 g/mol. The van der Waals surface area contributed by atoms with Gasteiger partial charge in [0.05, 0.1) is 12.0 Å². The zero-order valence-corrected chi connectivity index (χ0v) is 16.9. The van der Waals surface area contributed by atoms with E-state index in [1.54, 1.807) is 36.6 Å². The summed E-state index contributed by atoms with van der Waals surface area (Å²) in [6, 6.07) is 9.50. The van der Waals surface area contributed by atoms with Crippen LogP contribution in [0.3, 0.4) is 0 Å². The molecule has 0 bridgehead atoms. The zero-order valence-electron chi connectivity index (χ0n) is 16.1. The molecule has 6 nitrogen and oxygen atoms in total. The van der Waals surface area contributed by atoms with E-state index in [-0.39, 0.29) is 23.4 Å². The van der Waals surface area contributed by atoms with Crippen LogP contribution in [0.5, 0.6) is 0 Å². The average molecular weight is 431 g/mol. The highest BCUT2D eigenvalue weighted by molar-refractivity contribution is 6.30. The molecule has 0 fully saturated rings. The van der Waals surface area contributed by atoms with Gasteiger partial charge in [-0.3, -0.25) is 9.36 Å². The summed E-state index contributed by atoms with van der Waals surface area (Å²) in [4.78, 5) is 30.5. The molecule has 0 radical (unpaired) electrons. The maximum absolute atomic E-state index is 14.5. The number of aromatic nitrogens is 4. The summed E-state index contributed by atoms with van der Waals surface area (Å²) in [6.45, 7) is 3.63. The molecule has 0 unspecified atom stereocenters. The monoisotopic (exact) mass is 430 g/mol. The Morgan fingerprint density at radius 2 is 1.87 bits per heavy atom. The van der Waals surface area contributed by atoms with Gasteiger partial charge in [-0.25, -0.2) is 23.1 Å². The molecule has 30 heavy (non-hydrogen) atoms. The van der Waals surface area contributed by atoms with Crippen molar-refractivity contribution in [2.75, 3.05) is 0 Å². The predicted octanol–water partition coefficient (Wildman–Crippen LogP) is 3.91. The third kappa shape index (κ3) is 3.33. The molecule has 0 aliphatic rings. The van der Waals surface area contributed by atoms with E-state index in [1.807, 2.05) is 6.07 Å². The Balaban J connectivity index is 2.04. The van der Waals surface area contributed by atoms with E-state index in [0.29, 0.717) is 11.1 Å². The Bertz CT molecular complexity index is 1390. The standard InChI is InChI=1S/C21H17ClF2N4O2/c1-12(2)27-20(29)18-19(25-11-26(18)10-13-4-3-5-14(22)8-13)28(21(27)30)17-7-6-15(23)9-16(17)24/h3-9,11-12H,10H2,1-2H3. The number of fused-ring (bicyclic) bond motifs is 1. The first-order chi connectivity index (χ1) is 14.3. The van der Waals surface area contributed by atoms with Crippen molar-refractivity contribution in [3.8, 4) is 5.69 Å². The van der Waals surface area contributed by atoms with Gasteiger partial charge in [0, 0.05) is 23.7 Å². The molecule has 0 aliphatic carbocycles. The first-order valence-corrected chi connectivity index (χ1v) is 9.58. The molecule has 0 spiro atoms. The predicted molar refractivity (Wildman–Crippen MR) is 110 cm³/mol. The van der Waals surface area contributed by atoms with Crippen LogP contribution in [0.15, 0.2) is 58.4 Å². The number of imidazole rings is 1. The molecule has 0 amide bonds. The molecule has 9 heteroatoms. The van der Waals surface area contributed by atoms with Gasteiger partial charge in [-0.2, -0.15) is 0 Å². The van der Waals surface area contributed by atoms with Gasteiger partial charge in [-0.1, -0.05) is 23.7 Å². The van der Waals surface area contributed by atoms with Gasteiger partial charge >= 0.3 is 5.69 Å². The first-order valence-electron chi connectivity index (χ1n) is 9.20. The van der Waals surface area contributed by atoms with Crippen LogP contribution in [0.1, 0.15) is 25.5 Å². The van der Waals surface area contributed by atoms with E-state index in [0.717, 1.165) is 26.8 Å². The topological polar surface area (TPSA) is 61.8 Å². The first kappa shape index (κ1) is 20.0. The lowest BCUT2D eigenvalue weighted by atomic mass is 10.2. The van der Waals surface area contributed by atoms with Gasteiger partial charge < -0.3 is 4.57 Å². The number of nitrogens with zero attached hydrogens (tertiary/aromatic N) is 4. The maximum Gasteiger partial charge on any atom is 0.337 e. The van der Waals surface area contributed by atoms with E-state index >= 15 is 0 Å². The van der Waals surface area contributed by atoms with Crippen molar-refractivity contribution in [2.24, 2.45) is 0 Å². The SMILES string of the molecule is CC(C)n1c(=O)c2c(ncn2Cc2cccc(Cl)c2)n(-c2ccc(F)cc2F)c1=O. The van der Waals surface area contributed by atoms with E-state index in [9.17, 15) is 18.4 Å². The van der Waals surface area contributed by atoms with Crippen molar-refractivity contribution in [1.29, 1.82) is 0 Å². The molecule has 154 valence electrons. The fourth-order valence-corrected chi connectivity index (χ4v) is 3.65. The second-order valence-electron chi connectivity index (χ2n) is 7.16. The largest absolute Gasteiger partial charge is 0.337 e. The third-order valence-corrected chi connectivity index (χ3v) is 4.99. The molecule has 0 atom stereocenters. The van der Waals surface area contributed by atoms with Crippen LogP contribution in [0.4, 0.5) is 8.78 Å². The minimum Gasteiger partial charge on any atom is -0.320 e. The van der Waals surface area contributed by atoms with Crippen LogP contribution in [0, 0.1) is 11.6 Å². The van der Waals surface area contributed by atoms with Crippen molar-refractivity contribution in [3.05, 3.63) is 91.9 Å². The number of halogens is 3. The van der Waals surface area contributed by atoms with Crippen molar-refractivity contribution in [3.63, 3.8) is 0 Å². The quantitative estimate of drug-likeness (QED) is 0.493. The molecule has 4 aromatic rings. The second-order valence-corrected chi connectivity index (χ2v) is 7.59. The van der Waals surface area contributed by atoms with Crippen LogP contribution >= 0.6 is 11.6 Å². The molecule has 4 rings (SSSR count). The molecule has 2 aromatic heterocycles. The van der Waals surface area contributed by atoms with Gasteiger partial charge in [0.15, 0.2) is 11.2 Å². The maximum atomic E-state index is 14.5. The van der Waals surface area contributed by atoms with Gasteiger partial charge in [-0.15, -0.1) is 0 Å². The van der Waals surface area contributed by atoms with Crippen LogP contribution < -0.4 is 11.2 Å². The second kappa shape index (κ2) is 7.53. The summed E-state index contributed by atoms with van der Waals surface area (Å²) in [7, 11) is 0. The Morgan fingerprint density at radius 3 is 2.53 bits per heavy atom. The minimum atomic E-state index is -0.934. The average Bonchev–Trinajstić information content (AvgIpc) is 3.06. The highest BCUT2D eigenvalue weighted by Gasteiger charge is 2.22. The summed E-state index contributed by atoms with van der Waals surface area (Å²) in [5.41, 5.74) is -0.525. The summed E-state index contributed by atoms with van der Waals surface area (Å²) in [5, 5.41) is 0.543. The molecular formula is C21H17ClF2N4O2. The van der Waals surface area contributed by atoms with Crippen LogP contribution in [-0.4, -0.2) is 18.7 Å². The summed E-state index contributed by atoms with van der Waals surface area (Å²) in [6.07, 6.45) is 1.41. The molecule has 0 saturated heterocycles. The number of hydrogen-bond donors (Lipinski definition) is 0. The van der Waals surface area contributed by atoms with Gasteiger partial charge in [0.25, 0.3) is 5.56 Å². The van der Waals surface area contributed by atoms with Crippen molar-refractivity contribution < 1.29 is 8.78 Å². The van der Waals surface area contributed by atoms with E-state index in [1.165, 1.54) is 6.33 Å². The van der Waals surface area contributed by atoms with E-state index in [4.69, 9.17) is 11.6 Å². The zero-order chi connectivity index (χ0) is 21.6. The number of benzene rings is 2. The summed E-state index contributed by atoms with van der Waals surface area (Å²) >= 11 is 6.05. The van der Waals surface area contributed by atoms with E-state index < -0.39 is 28.9 Å². The summed E-state index contributed by atoms with van der Waals surface area (Å²) < 4.78 is 31.6.